The molecule has 2 amide bonds. The second-order valence-electron chi connectivity index (χ2n) is 6.12. The van der Waals surface area contributed by atoms with E-state index in [1.165, 1.54) is 11.1 Å². The van der Waals surface area contributed by atoms with Crippen LogP contribution in [0.25, 0.3) is 0 Å². The molecule has 1 saturated heterocycles. The topological polar surface area (TPSA) is 47.6 Å². The van der Waals surface area contributed by atoms with Crippen LogP contribution in [0, 0.1) is 0 Å². The second kappa shape index (κ2) is 7.61. The maximum atomic E-state index is 12.3. The number of rotatable bonds is 4. The van der Waals surface area contributed by atoms with Crippen molar-refractivity contribution in [3.63, 3.8) is 0 Å². The van der Waals surface area contributed by atoms with E-state index in [1.54, 1.807) is 0 Å². The Hall–Kier alpha value is -1.59. The van der Waals surface area contributed by atoms with Crippen molar-refractivity contribution in [3.05, 3.63) is 35.4 Å². The van der Waals surface area contributed by atoms with Crippen molar-refractivity contribution < 1.29 is 4.79 Å². The Morgan fingerprint density at radius 1 is 1.14 bits per heavy atom. The van der Waals surface area contributed by atoms with Gasteiger partial charge in [-0.05, 0) is 30.5 Å². The van der Waals surface area contributed by atoms with Crippen LogP contribution in [0.3, 0.4) is 0 Å². The molecule has 0 aromatic heterocycles. The number of benzene rings is 1. The summed E-state index contributed by atoms with van der Waals surface area (Å²) >= 11 is 0. The van der Waals surface area contributed by atoms with Crippen molar-refractivity contribution in [1.82, 2.24) is 20.4 Å². The molecule has 1 aromatic rings. The highest BCUT2D eigenvalue weighted by Crippen LogP contribution is 2.18. The predicted molar refractivity (Wildman–Crippen MR) is 87.9 cm³/mol. The normalized spacial score (nSPS) is 18.8. The van der Waals surface area contributed by atoms with E-state index in [1.807, 2.05) is 11.0 Å². The van der Waals surface area contributed by atoms with Crippen molar-refractivity contribution in [2.45, 2.75) is 19.4 Å². The van der Waals surface area contributed by atoms with Crippen LogP contribution in [-0.2, 0) is 13.0 Å². The Morgan fingerprint density at radius 2 is 1.91 bits per heavy atom. The van der Waals surface area contributed by atoms with Gasteiger partial charge in [0, 0.05) is 45.8 Å². The number of nitrogens with zero attached hydrogens (tertiary/aromatic N) is 2. The number of hydrogen-bond acceptors (Lipinski definition) is 3. The van der Waals surface area contributed by atoms with Crippen LogP contribution in [0.5, 0.6) is 0 Å². The summed E-state index contributed by atoms with van der Waals surface area (Å²) in [5, 5.41) is 6.42. The standard InChI is InChI=1S/C17H26N4O/c22-17(19-7-3-10-20-12-8-18-9-13-20)21-11-6-15-4-1-2-5-16(15)14-21/h1-2,4-5,18H,3,6-14H2,(H,19,22). The number of fused-ring (bicyclic) bond motifs is 1. The van der Waals surface area contributed by atoms with Crippen molar-refractivity contribution in [2.24, 2.45) is 0 Å². The fourth-order valence-electron chi connectivity index (χ4n) is 3.21. The van der Waals surface area contributed by atoms with Crippen LogP contribution in [0.2, 0.25) is 0 Å². The summed E-state index contributed by atoms with van der Waals surface area (Å²) in [6.45, 7) is 7.80. The lowest BCUT2D eigenvalue weighted by Gasteiger charge is -2.29. The molecule has 2 aliphatic rings. The van der Waals surface area contributed by atoms with Gasteiger partial charge in [-0.15, -0.1) is 0 Å². The van der Waals surface area contributed by atoms with Crippen LogP contribution >= 0.6 is 0 Å². The van der Waals surface area contributed by atoms with E-state index in [0.717, 1.165) is 65.2 Å². The van der Waals surface area contributed by atoms with Crippen LogP contribution in [0.1, 0.15) is 17.5 Å². The van der Waals surface area contributed by atoms with Crippen molar-refractivity contribution >= 4 is 6.03 Å². The van der Waals surface area contributed by atoms with E-state index in [-0.39, 0.29) is 6.03 Å². The Balaban J connectivity index is 1.37. The first-order chi connectivity index (χ1) is 10.8. The van der Waals surface area contributed by atoms with Crippen LogP contribution in [0.15, 0.2) is 24.3 Å². The van der Waals surface area contributed by atoms with Gasteiger partial charge >= 0.3 is 6.03 Å². The number of carbonyl (C=O) groups is 1. The third-order valence-corrected chi connectivity index (χ3v) is 4.55. The Labute approximate surface area is 132 Å². The fourth-order valence-corrected chi connectivity index (χ4v) is 3.21. The lowest BCUT2D eigenvalue weighted by molar-refractivity contribution is 0.190. The number of nitrogens with one attached hydrogen (secondary N) is 2. The highest BCUT2D eigenvalue weighted by Gasteiger charge is 2.19. The molecule has 2 aliphatic heterocycles. The maximum absolute atomic E-state index is 12.3. The summed E-state index contributed by atoms with van der Waals surface area (Å²) < 4.78 is 0. The zero-order valence-corrected chi connectivity index (χ0v) is 13.2. The molecule has 2 N–H and O–H groups in total. The summed E-state index contributed by atoms with van der Waals surface area (Å²) in [4.78, 5) is 16.6. The zero-order chi connectivity index (χ0) is 15.2. The molecule has 0 saturated carbocycles. The first-order valence-electron chi connectivity index (χ1n) is 8.35. The van der Waals surface area contributed by atoms with E-state index in [0.29, 0.717) is 0 Å². The Bertz CT molecular complexity index is 499. The molecule has 2 heterocycles. The SMILES string of the molecule is O=C(NCCCN1CCNCC1)N1CCc2ccccc2C1. The van der Waals surface area contributed by atoms with E-state index < -0.39 is 0 Å². The molecule has 0 unspecified atom stereocenters. The first kappa shape index (κ1) is 15.3. The molecular formula is C17H26N4O. The number of hydrogen-bond donors (Lipinski definition) is 2. The van der Waals surface area contributed by atoms with Gasteiger partial charge < -0.3 is 20.4 Å². The summed E-state index contributed by atoms with van der Waals surface area (Å²) in [5.41, 5.74) is 2.66. The Morgan fingerprint density at radius 3 is 2.73 bits per heavy atom. The molecule has 0 atom stereocenters. The third-order valence-electron chi connectivity index (χ3n) is 4.55. The molecule has 0 radical (unpaired) electrons. The monoisotopic (exact) mass is 302 g/mol. The maximum Gasteiger partial charge on any atom is 0.317 e. The van der Waals surface area contributed by atoms with Gasteiger partial charge in [-0.25, -0.2) is 4.79 Å². The van der Waals surface area contributed by atoms with Crippen molar-refractivity contribution in [3.8, 4) is 0 Å². The summed E-state index contributed by atoms with van der Waals surface area (Å²) in [5.74, 6) is 0. The second-order valence-corrected chi connectivity index (χ2v) is 6.12. The molecule has 0 bridgehead atoms. The van der Waals surface area contributed by atoms with E-state index >= 15 is 0 Å². The number of amides is 2. The van der Waals surface area contributed by atoms with Gasteiger partial charge in [0.15, 0.2) is 0 Å². The van der Waals surface area contributed by atoms with E-state index in [9.17, 15) is 4.79 Å². The fraction of sp³-hybridized carbons (Fsp3) is 0.588. The van der Waals surface area contributed by atoms with Gasteiger partial charge in [0.05, 0.1) is 0 Å². The highest BCUT2D eigenvalue weighted by molar-refractivity contribution is 5.74. The smallest absolute Gasteiger partial charge is 0.317 e. The lowest BCUT2D eigenvalue weighted by atomic mass is 10.0. The molecule has 3 rings (SSSR count). The lowest BCUT2D eigenvalue weighted by Crippen LogP contribution is -2.45. The molecule has 22 heavy (non-hydrogen) atoms. The molecule has 0 aliphatic carbocycles. The van der Waals surface area contributed by atoms with Gasteiger partial charge in [0.1, 0.15) is 0 Å². The third kappa shape index (κ3) is 3.99. The molecule has 1 aromatic carbocycles. The average molecular weight is 302 g/mol. The summed E-state index contributed by atoms with van der Waals surface area (Å²) in [6, 6.07) is 8.49. The van der Waals surface area contributed by atoms with Gasteiger partial charge in [0.25, 0.3) is 0 Å². The minimum absolute atomic E-state index is 0.0785. The zero-order valence-electron chi connectivity index (χ0n) is 13.2. The average Bonchev–Trinajstić information content (AvgIpc) is 2.59. The van der Waals surface area contributed by atoms with Crippen LogP contribution < -0.4 is 10.6 Å². The van der Waals surface area contributed by atoms with E-state index in [4.69, 9.17) is 0 Å². The van der Waals surface area contributed by atoms with Gasteiger partial charge in [0.2, 0.25) is 0 Å². The highest BCUT2D eigenvalue weighted by atomic mass is 16.2. The molecule has 120 valence electrons. The van der Waals surface area contributed by atoms with Crippen LogP contribution in [0.4, 0.5) is 4.79 Å². The number of piperazine rings is 1. The molecule has 5 heteroatoms. The molecule has 1 fully saturated rings. The van der Waals surface area contributed by atoms with Gasteiger partial charge in [-0.3, -0.25) is 0 Å². The van der Waals surface area contributed by atoms with E-state index in [2.05, 4.69) is 33.7 Å². The minimum Gasteiger partial charge on any atom is -0.338 e. The van der Waals surface area contributed by atoms with Crippen molar-refractivity contribution in [2.75, 3.05) is 45.8 Å². The summed E-state index contributed by atoms with van der Waals surface area (Å²) in [6.07, 6.45) is 1.99. The number of carbonyl (C=O) groups excluding carboxylic acids is 1. The quantitative estimate of drug-likeness (QED) is 0.817. The van der Waals surface area contributed by atoms with Crippen LogP contribution in [-0.4, -0.2) is 61.6 Å². The minimum atomic E-state index is 0.0785. The predicted octanol–water partition coefficient (Wildman–Crippen LogP) is 1.05. The summed E-state index contributed by atoms with van der Waals surface area (Å²) in [7, 11) is 0. The first-order valence-corrected chi connectivity index (χ1v) is 8.35. The molecule has 0 spiro atoms. The van der Waals surface area contributed by atoms with Gasteiger partial charge in [-0.1, -0.05) is 24.3 Å². The largest absolute Gasteiger partial charge is 0.338 e. The van der Waals surface area contributed by atoms with Crippen molar-refractivity contribution in [1.29, 1.82) is 0 Å². The molecular weight excluding hydrogens is 276 g/mol. The van der Waals surface area contributed by atoms with Gasteiger partial charge in [-0.2, -0.15) is 0 Å². The molecule has 5 nitrogen and oxygen atoms in total. The number of urea groups is 1. The Kier molecular flexibility index (Phi) is 5.29.